The molecule has 2 heterocycles. The molecule has 4 nitrogen and oxygen atoms in total. The molecule has 16 heavy (non-hydrogen) atoms. The lowest BCUT2D eigenvalue weighted by Crippen LogP contribution is -2.09. The van der Waals surface area contributed by atoms with Crippen LogP contribution in [0.2, 0.25) is 0 Å². The van der Waals surface area contributed by atoms with E-state index in [0.717, 1.165) is 24.5 Å². The van der Waals surface area contributed by atoms with Crippen molar-refractivity contribution in [1.29, 1.82) is 0 Å². The Bertz CT molecular complexity index is 351. The predicted molar refractivity (Wildman–Crippen MR) is 62.4 cm³/mol. The molecule has 0 amide bonds. The molecule has 0 fully saturated rings. The second-order valence-corrected chi connectivity index (χ2v) is 3.93. The van der Waals surface area contributed by atoms with Crippen molar-refractivity contribution in [3.05, 3.63) is 23.4 Å². The Labute approximate surface area is 96.0 Å². The van der Waals surface area contributed by atoms with E-state index >= 15 is 0 Å². The molecule has 0 saturated heterocycles. The van der Waals surface area contributed by atoms with Crippen molar-refractivity contribution >= 4 is 5.82 Å². The van der Waals surface area contributed by atoms with Gasteiger partial charge in [-0.1, -0.05) is 6.07 Å². The highest BCUT2D eigenvalue weighted by Gasteiger charge is 2.14. The van der Waals surface area contributed by atoms with Gasteiger partial charge in [-0.3, -0.25) is 0 Å². The minimum atomic E-state index is -0.379. The van der Waals surface area contributed by atoms with Gasteiger partial charge >= 0.3 is 0 Å². The lowest BCUT2D eigenvalue weighted by atomic mass is 10.1. The van der Waals surface area contributed by atoms with Gasteiger partial charge in [0.2, 0.25) is 6.29 Å². The second-order valence-electron chi connectivity index (χ2n) is 3.93. The number of pyridine rings is 1. The number of hydrogen-bond acceptors (Lipinski definition) is 4. The highest BCUT2D eigenvalue weighted by atomic mass is 16.7. The summed E-state index contributed by atoms with van der Waals surface area (Å²) >= 11 is 0. The van der Waals surface area contributed by atoms with E-state index in [4.69, 9.17) is 9.47 Å². The number of ether oxygens (including phenoxy) is 2. The normalized spacial score (nSPS) is 15.4. The zero-order valence-electron chi connectivity index (χ0n) is 9.82. The zero-order chi connectivity index (χ0) is 11.4. The van der Waals surface area contributed by atoms with E-state index in [0.29, 0.717) is 0 Å². The van der Waals surface area contributed by atoms with Gasteiger partial charge in [0.15, 0.2) is 0 Å². The topological polar surface area (TPSA) is 43.4 Å². The third-order valence-electron chi connectivity index (χ3n) is 2.84. The monoisotopic (exact) mass is 222 g/mol. The van der Waals surface area contributed by atoms with Gasteiger partial charge in [-0.25, -0.2) is 4.98 Å². The molecule has 2 rings (SSSR count). The van der Waals surface area contributed by atoms with Crippen LogP contribution >= 0.6 is 0 Å². The third kappa shape index (κ3) is 2.33. The average molecular weight is 222 g/mol. The smallest absolute Gasteiger partial charge is 0.200 e. The first-order valence-electron chi connectivity index (χ1n) is 5.64. The molecular formula is C12H18N2O2. The molecule has 1 aliphatic rings. The summed E-state index contributed by atoms with van der Waals surface area (Å²) in [7, 11) is 3.24. The van der Waals surface area contributed by atoms with E-state index in [2.05, 4.69) is 16.4 Å². The van der Waals surface area contributed by atoms with Gasteiger partial charge in [-0.2, -0.15) is 0 Å². The molecule has 0 aliphatic carbocycles. The highest BCUT2D eigenvalue weighted by Crippen LogP contribution is 2.23. The fourth-order valence-corrected chi connectivity index (χ4v) is 1.97. The lowest BCUT2D eigenvalue weighted by Gasteiger charge is -2.15. The van der Waals surface area contributed by atoms with Gasteiger partial charge in [0.05, 0.1) is 5.69 Å². The number of anilines is 1. The molecule has 4 heteroatoms. The fraction of sp³-hybridized carbons (Fsp3) is 0.583. The standard InChI is InChI=1S/C12H18N2O2/c1-15-12(16-2)10-7-6-9-5-3-4-8-13-11(9)14-10/h6-7,12H,3-5,8H2,1-2H3,(H,13,14). The molecular weight excluding hydrogens is 204 g/mol. The van der Waals surface area contributed by atoms with Crippen molar-refractivity contribution in [3.63, 3.8) is 0 Å². The van der Waals surface area contributed by atoms with Gasteiger partial charge < -0.3 is 14.8 Å². The largest absolute Gasteiger partial charge is 0.370 e. The van der Waals surface area contributed by atoms with E-state index in [1.54, 1.807) is 14.2 Å². The number of nitrogens with zero attached hydrogens (tertiary/aromatic N) is 1. The first-order valence-corrected chi connectivity index (χ1v) is 5.64. The summed E-state index contributed by atoms with van der Waals surface area (Å²) in [6.07, 6.45) is 3.14. The van der Waals surface area contributed by atoms with Crippen molar-refractivity contribution in [1.82, 2.24) is 4.98 Å². The molecule has 0 spiro atoms. The van der Waals surface area contributed by atoms with Gasteiger partial charge in [0.25, 0.3) is 0 Å². The Hall–Kier alpha value is -1.13. The van der Waals surface area contributed by atoms with Crippen molar-refractivity contribution < 1.29 is 9.47 Å². The summed E-state index contributed by atoms with van der Waals surface area (Å²) < 4.78 is 10.4. The number of nitrogens with one attached hydrogen (secondary N) is 1. The molecule has 0 atom stereocenters. The molecule has 88 valence electrons. The predicted octanol–water partition coefficient (Wildman–Crippen LogP) is 2.12. The summed E-state index contributed by atoms with van der Waals surface area (Å²) in [5, 5.41) is 3.35. The van der Waals surface area contributed by atoms with Gasteiger partial charge in [-0.05, 0) is 30.9 Å². The molecule has 1 aromatic rings. The number of rotatable bonds is 3. The SMILES string of the molecule is COC(OC)c1ccc2c(n1)NCCCC2. The Morgan fingerprint density at radius 2 is 2.06 bits per heavy atom. The van der Waals surface area contributed by atoms with Crippen LogP contribution in [0.3, 0.4) is 0 Å². The van der Waals surface area contributed by atoms with Crippen LogP contribution in [0.5, 0.6) is 0 Å². The maximum atomic E-state index is 5.20. The van der Waals surface area contributed by atoms with Crippen LogP contribution in [0.15, 0.2) is 12.1 Å². The van der Waals surface area contributed by atoms with Crippen LogP contribution in [0.25, 0.3) is 0 Å². The van der Waals surface area contributed by atoms with Gasteiger partial charge in [0, 0.05) is 20.8 Å². The molecule has 0 saturated carbocycles. The van der Waals surface area contributed by atoms with Crippen LogP contribution in [-0.2, 0) is 15.9 Å². The Morgan fingerprint density at radius 3 is 2.81 bits per heavy atom. The zero-order valence-corrected chi connectivity index (χ0v) is 9.82. The molecule has 0 aromatic carbocycles. The third-order valence-corrected chi connectivity index (χ3v) is 2.84. The summed E-state index contributed by atoms with van der Waals surface area (Å²) in [5.41, 5.74) is 2.10. The summed E-state index contributed by atoms with van der Waals surface area (Å²) in [4.78, 5) is 4.55. The number of fused-ring (bicyclic) bond motifs is 1. The first kappa shape index (κ1) is 11.4. The van der Waals surface area contributed by atoms with E-state index in [1.807, 2.05) is 6.07 Å². The summed E-state index contributed by atoms with van der Waals surface area (Å²) in [6, 6.07) is 4.09. The number of hydrogen-bond donors (Lipinski definition) is 1. The lowest BCUT2D eigenvalue weighted by molar-refractivity contribution is -0.108. The van der Waals surface area contributed by atoms with E-state index in [-0.39, 0.29) is 6.29 Å². The van der Waals surface area contributed by atoms with Crippen molar-refractivity contribution in [3.8, 4) is 0 Å². The van der Waals surface area contributed by atoms with Crippen LogP contribution in [-0.4, -0.2) is 25.7 Å². The average Bonchev–Trinajstić information content (AvgIpc) is 2.55. The Balaban J connectivity index is 2.26. The van der Waals surface area contributed by atoms with Crippen LogP contribution in [0, 0.1) is 0 Å². The molecule has 1 aromatic heterocycles. The van der Waals surface area contributed by atoms with E-state index in [9.17, 15) is 0 Å². The quantitative estimate of drug-likeness (QED) is 0.795. The first-order chi connectivity index (χ1) is 7.85. The molecule has 0 bridgehead atoms. The summed E-state index contributed by atoms with van der Waals surface area (Å²) in [5.74, 6) is 0.981. The number of aromatic nitrogens is 1. The minimum Gasteiger partial charge on any atom is -0.370 e. The number of aryl methyl sites for hydroxylation is 1. The van der Waals surface area contributed by atoms with Gasteiger partial charge in [-0.15, -0.1) is 0 Å². The number of methoxy groups -OCH3 is 2. The maximum Gasteiger partial charge on any atom is 0.200 e. The summed E-state index contributed by atoms with van der Waals surface area (Å²) in [6.45, 7) is 0.994. The maximum absolute atomic E-state index is 5.20. The minimum absolute atomic E-state index is 0.379. The van der Waals surface area contributed by atoms with Crippen LogP contribution in [0.4, 0.5) is 5.82 Å². The molecule has 0 radical (unpaired) electrons. The van der Waals surface area contributed by atoms with E-state index < -0.39 is 0 Å². The van der Waals surface area contributed by atoms with E-state index in [1.165, 1.54) is 18.4 Å². The van der Waals surface area contributed by atoms with Crippen LogP contribution < -0.4 is 5.32 Å². The molecule has 1 aliphatic heterocycles. The van der Waals surface area contributed by atoms with Crippen molar-refractivity contribution in [2.24, 2.45) is 0 Å². The molecule has 0 unspecified atom stereocenters. The van der Waals surface area contributed by atoms with Crippen molar-refractivity contribution in [2.45, 2.75) is 25.6 Å². The Kier molecular flexibility index (Phi) is 3.74. The van der Waals surface area contributed by atoms with Gasteiger partial charge in [0.1, 0.15) is 5.82 Å². The second kappa shape index (κ2) is 5.27. The van der Waals surface area contributed by atoms with Crippen LogP contribution in [0.1, 0.15) is 30.4 Å². The molecule has 1 N–H and O–H groups in total. The van der Waals surface area contributed by atoms with Crippen molar-refractivity contribution in [2.75, 3.05) is 26.1 Å². The Morgan fingerprint density at radius 1 is 1.25 bits per heavy atom. The highest BCUT2D eigenvalue weighted by molar-refractivity contribution is 5.46. The fourth-order valence-electron chi connectivity index (χ4n) is 1.97.